The van der Waals surface area contributed by atoms with Gasteiger partial charge in [0.1, 0.15) is 5.75 Å². The van der Waals surface area contributed by atoms with E-state index >= 15 is 0 Å². The molecule has 2 heterocycles. The molecule has 1 N–H and O–H groups in total. The number of carbonyl (C=O) groups is 1. The van der Waals surface area contributed by atoms with Gasteiger partial charge in [-0.15, -0.1) is 0 Å². The molecule has 7 nitrogen and oxygen atoms in total. The van der Waals surface area contributed by atoms with Gasteiger partial charge in [-0.1, -0.05) is 19.3 Å². The summed E-state index contributed by atoms with van der Waals surface area (Å²) in [5, 5.41) is 3.40. The van der Waals surface area contributed by atoms with E-state index in [9.17, 15) is 4.79 Å². The summed E-state index contributed by atoms with van der Waals surface area (Å²) < 4.78 is 5.22. The number of methoxy groups -OCH3 is 1. The van der Waals surface area contributed by atoms with Gasteiger partial charge < -0.3 is 19.9 Å². The van der Waals surface area contributed by atoms with Crippen LogP contribution in [0.3, 0.4) is 0 Å². The standard InChI is InChI=1S/C22H29N5O2/c1-29-20-9-7-19(8-10-20)26-11-13-27(14-12-26)21(28)17-15-23-22(24-16-17)25-18-5-3-2-4-6-18/h7-10,15-16,18H,2-6,11-14H2,1H3,(H,23,24,25). The minimum atomic E-state index is 0.00333. The zero-order valence-corrected chi connectivity index (χ0v) is 17.0. The van der Waals surface area contributed by atoms with Gasteiger partial charge in [0.15, 0.2) is 0 Å². The van der Waals surface area contributed by atoms with Crippen molar-refractivity contribution in [1.29, 1.82) is 0 Å². The van der Waals surface area contributed by atoms with Crippen LogP contribution in [-0.2, 0) is 0 Å². The van der Waals surface area contributed by atoms with Crippen LogP contribution in [0.2, 0.25) is 0 Å². The predicted octanol–water partition coefficient (Wildman–Crippen LogP) is 3.19. The van der Waals surface area contributed by atoms with E-state index in [4.69, 9.17) is 4.74 Å². The number of nitrogens with one attached hydrogen (secondary N) is 1. The van der Waals surface area contributed by atoms with Gasteiger partial charge in [-0.25, -0.2) is 9.97 Å². The van der Waals surface area contributed by atoms with Gasteiger partial charge in [-0.3, -0.25) is 4.79 Å². The Labute approximate surface area is 172 Å². The largest absolute Gasteiger partial charge is 0.497 e. The van der Waals surface area contributed by atoms with Crippen LogP contribution in [0.1, 0.15) is 42.5 Å². The van der Waals surface area contributed by atoms with E-state index in [1.807, 2.05) is 17.0 Å². The summed E-state index contributed by atoms with van der Waals surface area (Å²) in [6.07, 6.45) is 9.48. The number of piperazine rings is 1. The highest BCUT2D eigenvalue weighted by Gasteiger charge is 2.23. The molecule has 2 aromatic rings. The summed E-state index contributed by atoms with van der Waals surface area (Å²) in [6, 6.07) is 8.50. The summed E-state index contributed by atoms with van der Waals surface area (Å²) in [5.74, 6) is 1.48. The van der Waals surface area contributed by atoms with E-state index in [-0.39, 0.29) is 5.91 Å². The number of benzene rings is 1. The maximum atomic E-state index is 12.8. The molecule has 0 bridgehead atoms. The summed E-state index contributed by atoms with van der Waals surface area (Å²) in [5.41, 5.74) is 1.71. The van der Waals surface area contributed by atoms with Gasteiger partial charge in [-0.05, 0) is 37.1 Å². The minimum Gasteiger partial charge on any atom is -0.497 e. The second kappa shape index (κ2) is 9.11. The Morgan fingerprint density at radius 2 is 1.66 bits per heavy atom. The molecule has 1 saturated carbocycles. The topological polar surface area (TPSA) is 70.6 Å². The van der Waals surface area contributed by atoms with Crippen LogP contribution in [0.4, 0.5) is 11.6 Å². The van der Waals surface area contributed by atoms with Crippen LogP contribution in [0.25, 0.3) is 0 Å². The first-order valence-electron chi connectivity index (χ1n) is 10.5. The van der Waals surface area contributed by atoms with Crippen LogP contribution < -0.4 is 15.0 Å². The Bertz CT molecular complexity index is 795. The van der Waals surface area contributed by atoms with Crippen LogP contribution in [-0.4, -0.2) is 60.1 Å². The highest BCUT2D eigenvalue weighted by molar-refractivity contribution is 5.93. The van der Waals surface area contributed by atoms with Crippen molar-refractivity contribution in [2.24, 2.45) is 0 Å². The molecule has 0 spiro atoms. The molecule has 4 rings (SSSR count). The highest BCUT2D eigenvalue weighted by Crippen LogP contribution is 2.22. The molecule has 2 fully saturated rings. The van der Waals surface area contributed by atoms with Gasteiger partial charge in [0, 0.05) is 50.3 Å². The van der Waals surface area contributed by atoms with E-state index in [1.165, 1.54) is 32.1 Å². The number of rotatable bonds is 5. The molecule has 7 heteroatoms. The number of carbonyl (C=O) groups excluding carboxylic acids is 1. The smallest absolute Gasteiger partial charge is 0.257 e. The fraction of sp³-hybridized carbons (Fsp3) is 0.500. The Hall–Kier alpha value is -2.83. The van der Waals surface area contributed by atoms with Gasteiger partial charge in [0.05, 0.1) is 12.7 Å². The lowest BCUT2D eigenvalue weighted by Crippen LogP contribution is -2.48. The fourth-order valence-electron chi connectivity index (χ4n) is 4.09. The molecular weight excluding hydrogens is 366 g/mol. The van der Waals surface area contributed by atoms with Gasteiger partial charge in [0.2, 0.25) is 5.95 Å². The van der Waals surface area contributed by atoms with Crippen molar-refractivity contribution in [1.82, 2.24) is 14.9 Å². The van der Waals surface area contributed by atoms with Gasteiger partial charge in [-0.2, -0.15) is 0 Å². The second-order valence-electron chi connectivity index (χ2n) is 7.75. The zero-order valence-electron chi connectivity index (χ0n) is 17.0. The van der Waals surface area contributed by atoms with Crippen LogP contribution in [0.5, 0.6) is 5.75 Å². The van der Waals surface area contributed by atoms with Gasteiger partial charge >= 0.3 is 0 Å². The number of ether oxygens (including phenoxy) is 1. The van der Waals surface area contributed by atoms with Crippen molar-refractivity contribution >= 4 is 17.5 Å². The monoisotopic (exact) mass is 395 g/mol. The Kier molecular flexibility index (Phi) is 6.12. The quantitative estimate of drug-likeness (QED) is 0.838. The number of amides is 1. The van der Waals surface area contributed by atoms with Crippen molar-refractivity contribution < 1.29 is 9.53 Å². The SMILES string of the molecule is COc1ccc(N2CCN(C(=O)c3cnc(NC4CCCCC4)nc3)CC2)cc1. The molecule has 1 aromatic heterocycles. The normalized spacial score (nSPS) is 17.8. The number of hydrogen-bond donors (Lipinski definition) is 1. The first kappa shape index (κ1) is 19.5. The van der Waals surface area contributed by atoms with Crippen LogP contribution >= 0.6 is 0 Å². The maximum Gasteiger partial charge on any atom is 0.257 e. The van der Waals surface area contributed by atoms with Gasteiger partial charge in [0.25, 0.3) is 5.91 Å². The molecule has 0 atom stereocenters. The fourth-order valence-corrected chi connectivity index (χ4v) is 4.09. The summed E-state index contributed by atoms with van der Waals surface area (Å²) in [7, 11) is 1.67. The maximum absolute atomic E-state index is 12.8. The van der Waals surface area contributed by atoms with Crippen molar-refractivity contribution in [3.05, 3.63) is 42.2 Å². The van der Waals surface area contributed by atoms with E-state index in [1.54, 1.807) is 19.5 Å². The third-order valence-electron chi connectivity index (χ3n) is 5.84. The van der Waals surface area contributed by atoms with Crippen molar-refractivity contribution in [3.63, 3.8) is 0 Å². The van der Waals surface area contributed by atoms with E-state index in [2.05, 4.69) is 32.3 Å². The molecule has 1 aromatic carbocycles. The summed E-state index contributed by atoms with van der Waals surface area (Å²) >= 11 is 0. The number of aromatic nitrogens is 2. The molecule has 1 aliphatic heterocycles. The molecule has 154 valence electrons. The van der Waals surface area contributed by atoms with Crippen LogP contribution in [0.15, 0.2) is 36.7 Å². The molecular formula is C22H29N5O2. The Balaban J connectivity index is 1.30. The predicted molar refractivity (Wildman–Crippen MR) is 114 cm³/mol. The average molecular weight is 396 g/mol. The molecule has 1 amide bonds. The zero-order chi connectivity index (χ0) is 20.1. The van der Waals surface area contributed by atoms with Crippen LogP contribution in [0, 0.1) is 0 Å². The van der Waals surface area contributed by atoms with E-state index in [0.717, 1.165) is 24.5 Å². The van der Waals surface area contributed by atoms with Crippen molar-refractivity contribution in [2.45, 2.75) is 38.1 Å². The lowest BCUT2D eigenvalue weighted by atomic mass is 9.96. The first-order valence-corrected chi connectivity index (χ1v) is 10.5. The number of hydrogen-bond acceptors (Lipinski definition) is 6. The van der Waals surface area contributed by atoms with Crippen molar-refractivity contribution in [3.8, 4) is 5.75 Å². The molecule has 1 saturated heterocycles. The molecule has 0 radical (unpaired) electrons. The first-order chi connectivity index (χ1) is 14.2. The molecule has 2 aliphatic rings. The second-order valence-corrected chi connectivity index (χ2v) is 7.75. The lowest BCUT2D eigenvalue weighted by molar-refractivity contribution is 0.0746. The molecule has 0 unspecified atom stereocenters. The molecule has 29 heavy (non-hydrogen) atoms. The lowest BCUT2D eigenvalue weighted by Gasteiger charge is -2.36. The minimum absolute atomic E-state index is 0.00333. The third kappa shape index (κ3) is 4.78. The number of anilines is 2. The summed E-state index contributed by atoms with van der Waals surface area (Å²) in [4.78, 5) is 25.7. The van der Waals surface area contributed by atoms with E-state index in [0.29, 0.717) is 30.6 Å². The summed E-state index contributed by atoms with van der Waals surface area (Å²) in [6.45, 7) is 2.99. The number of nitrogens with zero attached hydrogens (tertiary/aromatic N) is 4. The van der Waals surface area contributed by atoms with E-state index < -0.39 is 0 Å². The third-order valence-corrected chi connectivity index (χ3v) is 5.84. The average Bonchev–Trinajstić information content (AvgIpc) is 2.80. The Morgan fingerprint density at radius 3 is 2.28 bits per heavy atom. The molecule has 1 aliphatic carbocycles. The Morgan fingerprint density at radius 1 is 1.00 bits per heavy atom. The highest BCUT2D eigenvalue weighted by atomic mass is 16.5. The van der Waals surface area contributed by atoms with Crippen molar-refractivity contribution in [2.75, 3.05) is 43.5 Å².